The van der Waals surface area contributed by atoms with E-state index < -0.39 is 15.4 Å². The minimum atomic E-state index is -3.06. The van der Waals surface area contributed by atoms with E-state index in [4.69, 9.17) is 5.73 Å². The fraction of sp³-hybridized carbons (Fsp3) is 0.875. The van der Waals surface area contributed by atoms with Gasteiger partial charge in [0.2, 0.25) is 0 Å². The molecule has 1 atom stereocenters. The van der Waals surface area contributed by atoms with Crippen molar-refractivity contribution in [3.8, 4) is 0 Å². The minimum Gasteiger partial charge on any atom is -0.319 e. The van der Waals surface area contributed by atoms with E-state index in [1.165, 1.54) is 0 Å². The Morgan fingerprint density at radius 1 is 1.46 bits per heavy atom. The van der Waals surface area contributed by atoms with Crippen LogP contribution in [0.5, 0.6) is 0 Å². The van der Waals surface area contributed by atoms with E-state index in [0.29, 0.717) is 6.42 Å². The molecule has 0 rings (SSSR count). The van der Waals surface area contributed by atoms with E-state index >= 15 is 0 Å². The van der Waals surface area contributed by atoms with Gasteiger partial charge in [-0.3, -0.25) is 4.79 Å². The Balaban J connectivity index is 4.19. The number of hydrogen-bond acceptors (Lipinski definition) is 4. The third-order valence-electron chi connectivity index (χ3n) is 2.07. The van der Waals surface area contributed by atoms with Gasteiger partial charge in [0, 0.05) is 12.7 Å². The molecule has 0 heterocycles. The molecule has 5 heteroatoms. The number of carbonyl (C=O) groups excluding carboxylic acids is 1. The van der Waals surface area contributed by atoms with E-state index in [-0.39, 0.29) is 18.0 Å². The van der Waals surface area contributed by atoms with Gasteiger partial charge in [-0.25, -0.2) is 8.42 Å². The molecule has 0 saturated heterocycles. The monoisotopic (exact) mass is 207 g/mol. The molecule has 0 radical (unpaired) electrons. The first-order valence-electron chi connectivity index (χ1n) is 4.19. The van der Waals surface area contributed by atoms with Crippen molar-refractivity contribution < 1.29 is 13.2 Å². The standard InChI is InChI=1S/C8H17NO3S/c1-4-8(2,9)7(10)5-6-13(3,11)12/h4-6,9H2,1-3H3. The molecule has 2 N–H and O–H groups in total. The lowest BCUT2D eigenvalue weighted by molar-refractivity contribution is -0.123. The topological polar surface area (TPSA) is 77.2 Å². The first-order valence-corrected chi connectivity index (χ1v) is 6.25. The molecule has 78 valence electrons. The maximum Gasteiger partial charge on any atom is 0.153 e. The summed E-state index contributed by atoms with van der Waals surface area (Å²) in [7, 11) is -3.06. The zero-order chi connectivity index (χ0) is 10.7. The van der Waals surface area contributed by atoms with Gasteiger partial charge in [-0.15, -0.1) is 0 Å². The van der Waals surface area contributed by atoms with Gasteiger partial charge in [0.25, 0.3) is 0 Å². The number of carbonyl (C=O) groups is 1. The lowest BCUT2D eigenvalue weighted by Gasteiger charge is -2.20. The normalized spacial score (nSPS) is 16.6. The smallest absolute Gasteiger partial charge is 0.153 e. The fourth-order valence-corrected chi connectivity index (χ4v) is 1.32. The highest BCUT2D eigenvalue weighted by Crippen LogP contribution is 2.09. The number of nitrogens with two attached hydrogens (primary N) is 1. The average Bonchev–Trinajstić information content (AvgIpc) is 1.98. The van der Waals surface area contributed by atoms with Gasteiger partial charge >= 0.3 is 0 Å². The van der Waals surface area contributed by atoms with Crippen LogP contribution in [0, 0.1) is 0 Å². The van der Waals surface area contributed by atoms with Crippen LogP contribution in [0.25, 0.3) is 0 Å². The fourth-order valence-electron chi connectivity index (χ4n) is 0.761. The molecular weight excluding hydrogens is 190 g/mol. The molecule has 1 unspecified atom stereocenters. The van der Waals surface area contributed by atoms with Gasteiger partial charge in [0.1, 0.15) is 9.84 Å². The van der Waals surface area contributed by atoms with Crippen molar-refractivity contribution in [2.45, 2.75) is 32.2 Å². The summed E-state index contributed by atoms with van der Waals surface area (Å²) in [6, 6.07) is 0. The SMILES string of the molecule is CCC(C)(N)C(=O)CCS(C)(=O)=O. The summed E-state index contributed by atoms with van der Waals surface area (Å²) in [5.41, 5.74) is 4.76. The second-order valence-electron chi connectivity index (χ2n) is 3.57. The minimum absolute atomic E-state index is 0.0136. The number of hydrogen-bond donors (Lipinski definition) is 1. The maximum atomic E-state index is 11.4. The predicted octanol–water partition coefficient (Wildman–Crippen LogP) is 0.118. The third-order valence-corrected chi connectivity index (χ3v) is 3.02. The zero-order valence-corrected chi connectivity index (χ0v) is 9.15. The van der Waals surface area contributed by atoms with Crippen LogP contribution in [0.2, 0.25) is 0 Å². The largest absolute Gasteiger partial charge is 0.319 e. The summed E-state index contributed by atoms with van der Waals surface area (Å²) in [6.45, 7) is 3.43. The molecule has 0 aromatic heterocycles. The van der Waals surface area contributed by atoms with E-state index in [9.17, 15) is 13.2 Å². The molecule has 0 spiro atoms. The Kier molecular flexibility index (Phi) is 4.06. The van der Waals surface area contributed by atoms with Crippen LogP contribution < -0.4 is 5.73 Å². The van der Waals surface area contributed by atoms with Crippen molar-refractivity contribution in [2.75, 3.05) is 12.0 Å². The van der Waals surface area contributed by atoms with Crippen LogP contribution in [0.4, 0.5) is 0 Å². The Labute approximate surface area is 79.4 Å². The molecule has 0 aromatic carbocycles. The van der Waals surface area contributed by atoms with Gasteiger partial charge in [-0.05, 0) is 13.3 Å². The van der Waals surface area contributed by atoms with E-state index in [0.717, 1.165) is 6.26 Å². The molecule has 0 aliphatic heterocycles. The highest BCUT2D eigenvalue weighted by atomic mass is 32.2. The molecule has 0 aliphatic carbocycles. The van der Waals surface area contributed by atoms with E-state index in [1.54, 1.807) is 13.8 Å². The number of sulfone groups is 1. The van der Waals surface area contributed by atoms with Crippen molar-refractivity contribution >= 4 is 15.6 Å². The van der Waals surface area contributed by atoms with Crippen LogP contribution in [-0.4, -0.2) is 31.7 Å². The summed E-state index contributed by atoms with van der Waals surface area (Å²) in [6.07, 6.45) is 1.65. The second-order valence-corrected chi connectivity index (χ2v) is 5.83. The number of ketones is 1. The maximum absolute atomic E-state index is 11.4. The quantitative estimate of drug-likeness (QED) is 0.694. The molecule has 0 fully saturated rings. The molecular formula is C8H17NO3S. The summed E-state index contributed by atoms with van der Waals surface area (Å²) in [5, 5.41) is 0. The van der Waals surface area contributed by atoms with Crippen LogP contribution in [-0.2, 0) is 14.6 Å². The third kappa shape index (κ3) is 5.00. The summed E-state index contributed by atoms with van der Waals surface area (Å²) >= 11 is 0. The van der Waals surface area contributed by atoms with Crippen LogP contribution in [0.15, 0.2) is 0 Å². The highest BCUT2D eigenvalue weighted by Gasteiger charge is 2.25. The van der Waals surface area contributed by atoms with Crippen molar-refractivity contribution in [2.24, 2.45) is 5.73 Å². The zero-order valence-electron chi connectivity index (χ0n) is 8.33. The Bertz CT molecular complexity index is 280. The van der Waals surface area contributed by atoms with Crippen LogP contribution >= 0.6 is 0 Å². The van der Waals surface area contributed by atoms with Crippen molar-refractivity contribution in [3.05, 3.63) is 0 Å². The first-order chi connectivity index (χ1) is 5.69. The highest BCUT2D eigenvalue weighted by molar-refractivity contribution is 7.90. The van der Waals surface area contributed by atoms with Gasteiger partial charge < -0.3 is 5.73 Å². The lowest BCUT2D eigenvalue weighted by Crippen LogP contribution is -2.44. The predicted molar refractivity (Wildman–Crippen MR) is 52.2 cm³/mol. The van der Waals surface area contributed by atoms with Crippen LogP contribution in [0.1, 0.15) is 26.7 Å². The second kappa shape index (κ2) is 4.19. The van der Waals surface area contributed by atoms with Crippen LogP contribution in [0.3, 0.4) is 0 Å². The first kappa shape index (κ1) is 12.6. The Morgan fingerprint density at radius 2 is 1.92 bits per heavy atom. The van der Waals surface area contributed by atoms with Gasteiger partial charge in [0.15, 0.2) is 5.78 Å². The van der Waals surface area contributed by atoms with Gasteiger partial charge in [0.05, 0.1) is 11.3 Å². The molecule has 0 amide bonds. The van der Waals surface area contributed by atoms with E-state index in [1.807, 2.05) is 0 Å². The number of rotatable bonds is 5. The van der Waals surface area contributed by atoms with Gasteiger partial charge in [-0.1, -0.05) is 6.92 Å². The molecule has 0 aromatic rings. The van der Waals surface area contributed by atoms with E-state index in [2.05, 4.69) is 0 Å². The summed E-state index contributed by atoms with van der Waals surface area (Å²) in [4.78, 5) is 11.4. The molecule has 0 aliphatic rings. The van der Waals surface area contributed by atoms with Crippen molar-refractivity contribution in [3.63, 3.8) is 0 Å². The van der Waals surface area contributed by atoms with Gasteiger partial charge in [-0.2, -0.15) is 0 Å². The summed E-state index contributed by atoms with van der Waals surface area (Å²) < 4.78 is 21.5. The van der Waals surface area contributed by atoms with Crippen molar-refractivity contribution in [1.29, 1.82) is 0 Å². The molecule has 0 bridgehead atoms. The molecule has 4 nitrogen and oxygen atoms in total. The summed E-state index contributed by atoms with van der Waals surface area (Å²) in [5.74, 6) is -0.307. The lowest BCUT2D eigenvalue weighted by atomic mass is 9.93. The molecule has 13 heavy (non-hydrogen) atoms. The Morgan fingerprint density at radius 3 is 2.23 bits per heavy atom. The Hall–Kier alpha value is -0.420. The number of Topliss-reactive ketones (excluding diaryl/α,β-unsaturated/α-hetero) is 1. The van der Waals surface area contributed by atoms with Crippen molar-refractivity contribution in [1.82, 2.24) is 0 Å². The molecule has 0 saturated carbocycles. The average molecular weight is 207 g/mol.